The van der Waals surface area contributed by atoms with Crippen LogP contribution < -0.4 is 4.74 Å². The van der Waals surface area contributed by atoms with Gasteiger partial charge in [0.15, 0.2) is 0 Å². The van der Waals surface area contributed by atoms with Gasteiger partial charge in [0.05, 0.1) is 12.1 Å². The molecule has 0 N–H and O–H groups in total. The van der Waals surface area contributed by atoms with Crippen LogP contribution in [-0.2, 0) is 9.59 Å². The lowest BCUT2D eigenvalue weighted by molar-refractivity contribution is -0.142. The fraction of sp³-hybridized carbons (Fsp3) is 0.600. The van der Waals surface area contributed by atoms with E-state index < -0.39 is 0 Å². The van der Waals surface area contributed by atoms with Gasteiger partial charge in [0.25, 0.3) is 0 Å². The number of ether oxygens (including phenoxy) is 1. The molecule has 2 amide bonds. The van der Waals surface area contributed by atoms with Crippen molar-refractivity contribution in [3.63, 3.8) is 0 Å². The van der Waals surface area contributed by atoms with Crippen LogP contribution in [0.3, 0.4) is 0 Å². The smallest absolute Gasteiger partial charge is 0.223 e. The summed E-state index contributed by atoms with van der Waals surface area (Å²) in [6.45, 7) is 7.39. The van der Waals surface area contributed by atoms with Crippen LogP contribution >= 0.6 is 0 Å². The zero-order valence-electron chi connectivity index (χ0n) is 15.4. The van der Waals surface area contributed by atoms with E-state index in [0.717, 1.165) is 11.3 Å². The average molecular weight is 344 g/mol. The van der Waals surface area contributed by atoms with Crippen molar-refractivity contribution in [2.24, 2.45) is 5.92 Å². The van der Waals surface area contributed by atoms with Crippen LogP contribution in [0, 0.1) is 5.92 Å². The molecule has 0 unspecified atom stereocenters. The summed E-state index contributed by atoms with van der Waals surface area (Å²) in [5.41, 5.74) is 1.06. The normalized spacial score (nSPS) is 20.7. The van der Waals surface area contributed by atoms with Crippen molar-refractivity contribution in [2.75, 3.05) is 19.6 Å². The van der Waals surface area contributed by atoms with Gasteiger partial charge in [-0.3, -0.25) is 9.59 Å². The summed E-state index contributed by atoms with van der Waals surface area (Å²) in [5, 5.41) is 0. The summed E-state index contributed by atoms with van der Waals surface area (Å²) >= 11 is 0. The molecule has 1 heterocycles. The fourth-order valence-corrected chi connectivity index (χ4v) is 3.38. The van der Waals surface area contributed by atoms with E-state index in [1.807, 2.05) is 47.9 Å². The third-order valence-electron chi connectivity index (χ3n) is 4.94. The maximum Gasteiger partial charge on any atom is 0.223 e. The molecule has 1 aliphatic heterocycles. The molecule has 1 saturated carbocycles. The standard InChI is InChI=1S/C20H28N2O3/c1-14(2)25-18-8-6-17(7-9-18)19-13-21(15(3)23)10-11-22(19)20(24)12-16-4-5-16/h6-9,14,16,19H,4-5,10-13H2,1-3H3/t19-/m0/s1. The minimum absolute atomic E-state index is 0.0686. The van der Waals surface area contributed by atoms with E-state index in [9.17, 15) is 9.59 Å². The monoisotopic (exact) mass is 344 g/mol. The Morgan fingerprint density at radius 3 is 2.40 bits per heavy atom. The number of carbonyl (C=O) groups excluding carboxylic acids is 2. The average Bonchev–Trinajstić information content (AvgIpc) is 3.38. The molecule has 0 bridgehead atoms. The summed E-state index contributed by atoms with van der Waals surface area (Å²) in [7, 11) is 0. The summed E-state index contributed by atoms with van der Waals surface area (Å²) < 4.78 is 5.71. The summed E-state index contributed by atoms with van der Waals surface area (Å²) in [4.78, 5) is 28.3. The minimum atomic E-state index is -0.0722. The first-order chi connectivity index (χ1) is 11.9. The Balaban J connectivity index is 1.78. The summed E-state index contributed by atoms with van der Waals surface area (Å²) in [5.74, 6) is 1.69. The summed E-state index contributed by atoms with van der Waals surface area (Å²) in [6, 6.07) is 7.86. The lowest BCUT2D eigenvalue weighted by Crippen LogP contribution is -2.51. The van der Waals surface area contributed by atoms with E-state index in [1.54, 1.807) is 6.92 Å². The lowest BCUT2D eigenvalue weighted by atomic mass is 10.0. The van der Waals surface area contributed by atoms with Crippen molar-refractivity contribution in [1.29, 1.82) is 0 Å². The number of hydrogen-bond acceptors (Lipinski definition) is 3. The molecule has 0 radical (unpaired) electrons. The van der Waals surface area contributed by atoms with Crippen molar-refractivity contribution < 1.29 is 14.3 Å². The lowest BCUT2D eigenvalue weighted by Gasteiger charge is -2.41. The maximum absolute atomic E-state index is 12.7. The maximum atomic E-state index is 12.7. The van der Waals surface area contributed by atoms with Crippen LogP contribution in [0.4, 0.5) is 0 Å². The second kappa shape index (κ2) is 7.46. The number of rotatable bonds is 5. The van der Waals surface area contributed by atoms with Crippen molar-refractivity contribution >= 4 is 11.8 Å². The largest absolute Gasteiger partial charge is 0.491 e. The van der Waals surface area contributed by atoms with Gasteiger partial charge in [-0.1, -0.05) is 12.1 Å². The summed E-state index contributed by atoms with van der Waals surface area (Å²) in [6.07, 6.45) is 3.12. The van der Waals surface area contributed by atoms with Crippen molar-refractivity contribution in [3.8, 4) is 5.75 Å². The highest BCUT2D eigenvalue weighted by Gasteiger charge is 2.35. The van der Waals surface area contributed by atoms with Gasteiger partial charge >= 0.3 is 0 Å². The molecule has 1 aromatic rings. The van der Waals surface area contributed by atoms with Gasteiger partial charge < -0.3 is 14.5 Å². The second-order valence-electron chi connectivity index (χ2n) is 7.45. The molecular formula is C20H28N2O3. The Morgan fingerprint density at radius 1 is 1.16 bits per heavy atom. The van der Waals surface area contributed by atoms with Crippen LogP contribution in [0.1, 0.15) is 51.6 Å². The molecule has 1 aromatic carbocycles. The first kappa shape index (κ1) is 17.8. The minimum Gasteiger partial charge on any atom is -0.491 e. The van der Waals surface area contributed by atoms with Crippen LogP contribution in [0.15, 0.2) is 24.3 Å². The Labute approximate surface area is 149 Å². The van der Waals surface area contributed by atoms with E-state index in [1.165, 1.54) is 12.8 Å². The Bertz CT molecular complexity index is 622. The molecule has 1 saturated heterocycles. The van der Waals surface area contributed by atoms with Crippen LogP contribution in [0.2, 0.25) is 0 Å². The number of amides is 2. The number of hydrogen-bond donors (Lipinski definition) is 0. The first-order valence-corrected chi connectivity index (χ1v) is 9.25. The molecule has 2 aliphatic rings. The Kier molecular flexibility index (Phi) is 5.30. The first-order valence-electron chi connectivity index (χ1n) is 9.25. The third kappa shape index (κ3) is 4.53. The number of nitrogens with zero attached hydrogens (tertiary/aromatic N) is 2. The van der Waals surface area contributed by atoms with E-state index in [-0.39, 0.29) is 24.0 Å². The van der Waals surface area contributed by atoms with Crippen molar-refractivity contribution in [3.05, 3.63) is 29.8 Å². The predicted molar refractivity (Wildman–Crippen MR) is 96.3 cm³/mol. The third-order valence-corrected chi connectivity index (χ3v) is 4.94. The van der Waals surface area contributed by atoms with Gasteiger partial charge in [-0.05, 0) is 50.3 Å². The zero-order chi connectivity index (χ0) is 18.0. The molecule has 1 aliphatic carbocycles. The van der Waals surface area contributed by atoms with Gasteiger partial charge in [0.2, 0.25) is 11.8 Å². The molecule has 136 valence electrons. The molecule has 2 fully saturated rings. The quantitative estimate of drug-likeness (QED) is 0.825. The van der Waals surface area contributed by atoms with Gasteiger partial charge in [0.1, 0.15) is 5.75 Å². The molecule has 25 heavy (non-hydrogen) atoms. The molecule has 5 nitrogen and oxygen atoms in total. The highest BCUT2D eigenvalue weighted by molar-refractivity contribution is 5.78. The van der Waals surface area contributed by atoms with Gasteiger partial charge in [-0.25, -0.2) is 0 Å². The van der Waals surface area contributed by atoms with Crippen LogP contribution in [-0.4, -0.2) is 47.4 Å². The van der Waals surface area contributed by atoms with Crippen molar-refractivity contribution in [1.82, 2.24) is 9.80 Å². The number of carbonyl (C=O) groups is 2. The highest BCUT2D eigenvalue weighted by Crippen LogP contribution is 2.35. The number of piperazine rings is 1. The van der Waals surface area contributed by atoms with E-state index >= 15 is 0 Å². The predicted octanol–water partition coefficient (Wildman–Crippen LogP) is 3.01. The molecule has 5 heteroatoms. The van der Waals surface area contributed by atoms with E-state index in [0.29, 0.717) is 32.0 Å². The topological polar surface area (TPSA) is 49.9 Å². The van der Waals surface area contributed by atoms with Crippen LogP contribution in [0.25, 0.3) is 0 Å². The Hall–Kier alpha value is -2.04. The molecule has 0 aromatic heterocycles. The fourth-order valence-electron chi connectivity index (χ4n) is 3.38. The Morgan fingerprint density at radius 2 is 1.84 bits per heavy atom. The highest BCUT2D eigenvalue weighted by atomic mass is 16.5. The second-order valence-corrected chi connectivity index (χ2v) is 7.45. The SMILES string of the molecule is CC(=O)N1CCN(C(=O)CC2CC2)[C@H](c2ccc(OC(C)C)cc2)C1. The van der Waals surface area contributed by atoms with Gasteiger partial charge in [0, 0.05) is 33.0 Å². The molecule has 0 spiro atoms. The zero-order valence-corrected chi connectivity index (χ0v) is 15.4. The van der Waals surface area contributed by atoms with E-state index in [4.69, 9.17) is 4.74 Å². The van der Waals surface area contributed by atoms with Crippen molar-refractivity contribution in [2.45, 2.75) is 52.2 Å². The van der Waals surface area contributed by atoms with E-state index in [2.05, 4.69) is 0 Å². The molecule has 3 rings (SSSR count). The van der Waals surface area contributed by atoms with Gasteiger partial charge in [-0.2, -0.15) is 0 Å². The van der Waals surface area contributed by atoms with Gasteiger partial charge in [-0.15, -0.1) is 0 Å². The van der Waals surface area contributed by atoms with Crippen LogP contribution in [0.5, 0.6) is 5.75 Å². The molecule has 1 atom stereocenters. The molecular weight excluding hydrogens is 316 g/mol. The number of benzene rings is 1.